The van der Waals surface area contributed by atoms with E-state index in [-0.39, 0.29) is 0 Å². The van der Waals surface area contributed by atoms with E-state index in [0.29, 0.717) is 6.61 Å². The van der Waals surface area contributed by atoms with E-state index < -0.39 is 0 Å². The lowest BCUT2D eigenvalue weighted by molar-refractivity contribution is 0.323. The molecule has 2 aromatic carbocycles. The maximum Gasteiger partial charge on any atom is 0.124 e. The second-order valence-corrected chi connectivity index (χ2v) is 4.57. The van der Waals surface area contributed by atoms with Crippen molar-refractivity contribution in [1.29, 1.82) is 0 Å². The molecule has 0 aromatic heterocycles. The van der Waals surface area contributed by atoms with E-state index in [1.165, 1.54) is 16.3 Å². The Morgan fingerprint density at radius 1 is 1.15 bits per heavy atom. The van der Waals surface area contributed by atoms with Crippen molar-refractivity contribution in [2.75, 3.05) is 13.2 Å². The molecule has 0 atom stereocenters. The average molecular weight is 267 g/mol. The summed E-state index contributed by atoms with van der Waals surface area (Å²) < 4.78 is 5.90. The van der Waals surface area contributed by atoms with Crippen LogP contribution in [-0.4, -0.2) is 13.2 Å². The van der Waals surface area contributed by atoms with Gasteiger partial charge in [-0.3, -0.25) is 0 Å². The Morgan fingerprint density at radius 2 is 2.00 bits per heavy atom. The molecule has 2 nitrogen and oxygen atoms in total. The monoisotopic (exact) mass is 267 g/mol. The third kappa shape index (κ3) is 3.53. The second kappa shape index (κ2) is 7.57. The predicted octanol–water partition coefficient (Wildman–Crippen LogP) is 3.74. The van der Waals surface area contributed by atoms with Crippen LogP contribution in [-0.2, 0) is 6.54 Å². The molecule has 0 fully saturated rings. The largest absolute Gasteiger partial charge is 0.492 e. The number of nitrogens with one attached hydrogen (secondary N) is 1. The molecule has 2 heteroatoms. The number of benzene rings is 2. The summed E-state index contributed by atoms with van der Waals surface area (Å²) in [6.45, 7) is 6.38. The summed E-state index contributed by atoms with van der Waals surface area (Å²) in [4.78, 5) is 0. The maximum atomic E-state index is 5.90. The maximum absolute atomic E-state index is 5.90. The molecule has 104 valence electrons. The molecule has 0 aliphatic rings. The minimum Gasteiger partial charge on any atom is -0.492 e. The molecule has 0 saturated heterocycles. The van der Waals surface area contributed by atoms with Crippen molar-refractivity contribution in [1.82, 2.24) is 5.32 Å². The van der Waals surface area contributed by atoms with Crippen LogP contribution in [0.25, 0.3) is 10.8 Å². The molecular weight excluding hydrogens is 246 g/mol. The van der Waals surface area contributed by atoms with E-state index in [1.807, 2.05) is 6.92 Å². The Kier molecular flexibility index (Phi) is 5.46. The van der Waals surface area contributed by atoms with Crippen LogP contribution in [0.1, 0.15) is 25.8 Å². The topological polar surface area (TPSA) is 21.3 Å². The second-order valence-electron chi connectivity index (χ2n) is 4.57. The summed E-state index contributed by atoms with van der Waals surface area (Å²) in [6, 6.07) is 12.6. The van der Waals surface area contributed by atoms with E-state index in [4.69, 9.17) is 4.74 Å². The van der Waals surface area contributed by atoms with Crippen LogP contribution >= 0.6 is 0 Å². The Hall–Kier alpha value is -1.98. The Balaban J connectivity index is 2.28. The summed E-state index contributed by atoms with van der Waals surface area (Å²) in [6.07, 6.45) is 0.768. The third-order valence-electron chi connectivity index (χ3n) is 3.21. The highest BCUT2D eigenvalue weighted by Crippen LogP contribution is 2.28. The Labute approximate surface area is 121 Å². The molecule has 2 rings (SSSR count). The molecule has 0 saturated carbocycles. The van der Waals surface area contributed by atoms with Crippen molar-refractivity contribution < 1.29 is 4.74 Å². The summed E-state index contributed by atoms with van der Waals surface area (Å²) >= 11 is 0. The highest BCUT2D eigenvalue weighted by molar-refractivity contribution is 5.87. The van der Waals surface area contributed by atoms with Gasteiger partial charge in [0.15, 0.2) is 0 Å². The first-order valence-electron chi connectivity index (χ1n) is 7.10. The van der Waals surface area contributed by atoms with Gasteiger partial charge < -0.3 is 10.1 Å². The SMILES string of the molecule is CC#CCCOc1ccc2ccccc2c1CNCC. The summed E-state index contributed by atoms with van der Waals surface area (Å²) in [5, 5.41) is 5.90. The lowest BCUT2D eigenvalue weighted by Crippen LogP contribution is -2.13. The molecule has 0 aliphatic carbocycles. The van der Waals surface area contributed by atoms with Crippen molar-refractivity contribution >= 4 is 10.8 Å². The van der Waals surface area contributed by atoms with E-state index in [0.717, 1.165) is 25.3 Å². The number of ether oxygens (including phenoxy) is 1. The molecule has 0 radical (unpaired) electrons. The molecule has 0 spiro atoms. The molecule has 0 aliphatic heterocycles. The van der Waals surface area contributed by atoms with Crippen molar-refractivity contribution in [3.8, 4) is 17.6 Å². The van der Waals surface area contributed by atoms with Gasteiger partial charge in [0.25, 0.3) is 0 Å². The van der Waals surface area contributed by atoms with Gasteiger partial charge in [0.2, 0.25) is 0 Å². The van der Waals surface area contributed by atoms with Crippen LogP contribution in [0.5, 0.6) is 5.75 Å². The van der Waals surface area contributed by atoms with Crippen molar-refractivity contribution in [3.63, 3.8) is 0 Å². The van der Waals surface area contributed by atoms with E-state index in [1.54, 1.807) is 0 Å². The van der Waals surface area contributed by atoms with Gasteiger partial charge in [-0.25, -0.2) is 0 Å². The van der Waals surface area contributed by atoms with E-state index >= 15 is 0 Å². The zero-order valence-corrected chi connectivity index (χ0v) is 12.2. The highest BCUT2D eigenvalue weighted by Gasteiger charge is 2.08. The van der Waals surface area contributed by atoms with Crippen LogP contribution in [0, 0.1) is 11.8 Å². The number of rotatable bonds is 6. The van der Waals surface area contributed by atoms with Crippen LogP contribution in [0.15, 0.2) is 36.4 Å². The van der Waals surface area contributed by atoms with Crippen molar-refractivity contribution in [2.24, 2.45) is 0 Å². The molecule has 0 bridgehead atoms. The molecule has 20 heavy (non-hydrogen) atoms. The Bertz CT molecular complexity index is 622. The predicted molar refractivity (Wildman–Crippen MR) is 84.9 cm³/mol. The van der Waals surface area contributed by atoms with Gasteiger partial charge in [0.05, 0.1) is 6.61 Å². The van der Waals surface area contributed by atoms with Gasteiger partial charge in [-0.1, -0.05) is 37.3 Å². The van der Waals surface area contributed by atoms with Crippen LogP contribution in [0.3, 0.4) is 0 Å². The molecule has 1 N–H and O–H groups in total. The van der Waals surface area contributed by atoms with Gasteiger partial charge in [0, 0.05) is 18.5 Å². The molecular formula is C18H21NO. The zero-order valence-electron chi connectivity index (χ0n) is 12.2. The molecule has 0 unspecified atom stereocenters. The van der Waals surface area contributed by atoms with Gasteiger partial charge in [-0.05, 0) is 30.3 Å². The normalized spacial score (nSPS) is 10.1. The van der Waals surface area contributed by atoms with Gasteiger partial charge in [-0.2, -0.15) is 0 Å². The standard InChI is InChI=1S/C18H21NO/c1-3-5-8-13-20-18-12-11-15-9-6-7-10-16(15)17(18)14-19-4-2/h6-7,9-12,19H,4,8,13-14H2,1-2H3. The van der Waals surface area contributed by atoms with Crippen LogP contribution in [0.2, 0.25) is 0 Å². The summed E-state index contributed by atoms with van der Waals surface area (Å²) in [5.41, 5.74) is 1.23. The van der Waals surface area contributed by atoms with E-state index in [9.17, 15) is 0 Å². The van der Waals surface area contributed by atoms with Crippen LogP contribution < -0.4 is 10.1 Å². The van der Waals surface area contributed by atoms with Gasteiger partial charge in [0.1, 0.15) is 5.75 Å². The minimum atomic E-state index is 0.637. The first-order chi connectivity index (χ1) is 9.86. The highest BCUT2D eigenvalue weighted by atomic mass is 16.5. The quantitative estimate of drug-likeness (QED) is 0.636. The first kappa shape index (κ1) is 14.4. The zero-order chi connectivity index (χ0) is 14.2. The smallest absolute Gasteiger partial charge is 0.124 e. The first-order valence-corrected chi connectivity index (χ1v) is 7.10. The summed E-state index contributed by atoms with van der Waals surface area (Å²) in [7, 11) is 0. The van der Waals surface area contributed by atoms with Crippen molar-refractivity contribution in [3.05, 3.63) is 42.0 Å². The summed E-state index contributed by atoms with van der Waals surface area (Å²) in [5.74, 6) is 6.88. The molecule has 0 amide bonds. The fraction of sp³-hybridized carbons (Fsp3) is 0.333. The van der Waals surface area contributed by atoms with E-state index in [2.05, 4.69) is 60.5 Å². The number of hydrogen-bond acceptors (Lipinski definition) is 2. The van der Waals surface area contributed by atoms with Crippen molar-refractivity contribution in [2.45, 2.75) is 26.8 Å². The van der Waals surface area contributed by atoms with Crippen LogP contribution in [0.4, 0.5) is 0 Å². The van der Waals surface area contributed by atoms with Gasteiger partial charge >= 0.3 is 0 Å². The lowest BCUT2D eigenvalue weighted by Gasteiger charge is -2.14. The fourth-order valence-corrected chi connectivity index (χ4v) is 2.22. The number of hydrogen-bond donors (Lipinski definition) is 1. The molecule has 2 aromatic rings. The average Bonchev–Trinajstić information content (AvgIpc) is 2.50. The van der Waals surface area contributed by atoms with Gasteiger partial charge in [-0.15, -0.1) is 11.8 Å². The Morgan fingerprint density at radius 3 is 2.80 bits per heavy atom. The third-order valence-corrected chi connectivity index (χ3v) is 3.21. The molecule has 0 heterocycles. The fourth-order valence-electron chi connectivity index (χ4n) is 2.22. The number of fused-ring (bicyclic) bond motifs is 1. The minimum absolute atomic E-state index is 0.637. The lowest BCUT2D eigenvalue weighted by atomic mass is 10.0.